The molecule has 0 fully saturated rings. The van der Waals surface area contributed by atoms with Gasteiger partial charge in [-0.1, -0.05) is 12.1 Å². The number of benzene rings is 1. The molecule has 0 spiro atoms. The average Bonchev–Trinajstić information content (AvgIpc) is 2.80. The van der Waals surface area contributed by atoms with Gasteiger partial charge in [0.25, 0.3) is 0 Å². The summed E-state index contributed by atoms with van der Waals surface area (Å²) in [7, 11) is 4.25. The lowest BCUT2D eigenvalue weighted by atomic mass is 10.1. The van der Waals surface area contributed by atoms with Crippen LogP contribution >= 0.6 is 0 Å². The quantitative estimate of drug-likeness (QED) is 0.770. The van der Waals surface area contributed by atoms with Crippen LogP contribution in [0, 0.1) is 6.92 Å². The minimum absolute atomic E-state index is 0.627. The van der Waals surface area contributed by atoms with E-state index in [0.717, 1.165) is 6.42 Å². The van der Waals surface area contributed by atoms with Gasteiger partial charge >= 0.3 is 0 Å². The Hall–Kier alpha value is -1.28. The van der Waals surface area contributed by atoms with E-state index in [0.29, 0.717) is 6.04 Å². The fraction of sp³-hybridized carbons (Fsp3) is 0.429. The monoisotopic (exact) mass is 214 g/mol. The summed E-state index contributed by atoms with van der Waals surface area (Å²) in [4.78, 5) is 0. The van der Waals surface area contributed by atoms with Crippen LogP contribution < -0.4 is 5.32 Å². The molecule has 0 aliphatic heterocycles. The predicted octanol–water partition coefficient (Wildman–Crippen LogP) is 2.17. The van der Waals surface area contributed by atoms with Crippen LogP contribution in [0.15, 0.2) is 18.2 Å². The van der Waals surface area contributed by atoms with Crippen LogP contribution in [0.5, 0.6) is 0 Å². The maximum atomic E-state index is 3.39. The summed E-state index contributed by atoms with van der Waals surface area (Å²) in [6, 6.07) is 7.42. The number of hydrogen-bond acceptors (Lipinski definition) is 1. The number of likely N-dealkylation sites (N-methyl/N-ethyl adjacent to an activating group) is 1. The molecule has 84 valence electrons. The summed E-state index contributed by atoms with van der Waals surface area (Å²) in [5, 5.41) is 4.83. The van der Waals surface area contributed by atoms with Crippen LogP contribution in [-0.2, 0) is 19.9 Å². The van der Waals surface area contributed by atoms with Crippen LogP contribution in [0.25, 0.3) is 10.9 Å². The first kappa shape index (κ1) is 9.91. The van der Waals surface area contributed by atoms with Crippen molar-refractivity contribution in [2.24, 2.45) is 7.05 Å². The van der Waals surface area contributed by atoms with Crippen molar-refractivity contribution in [3.63, 3.8) is 0 Å². The van der Waals surface area contributed by atoms with Crippen molar-refractivity contribution in [2.75, 3.05) is 7.05 Å². The highest BCUT2D eigenvalue weighted by Crippen LogP contribution is 2.32. The Morgan fingerprint density at radius 3 is 2.88 bits per heavy atom. The SMILES string of the molecule is CNC1Cc2c(n(C)c3cc(C)ccc23)C1. The van der Waals surface area contributed by atoms with E-state index in [1.165, 1.54) is 28.6 Å². The first-order valence-corrected chi connectivity index (χ1v) is 5.94. The first-order chi connectivity index (χ1) is 7.70. The largest absolute Gasteiger partial charge is 0.347 e. The number of hydrogen-bond donors (Lipinski definition) is 1. The van der Waals surface area contributed by atoms with Crippen LogP contribution in [0.3, 0.4) is 0 Å². The van der Waals surface area contributed by atoms with E-state index in [9.17, 15) is 0 Å². The number of rotatable bonds is 1. The maximum absolute atomic E-state index is 3.39. The topological polar surface area (TPSA) is 17.0 Å². The van der Waals surface area contributed by atoms with Crippen LogP contribution in [0.1, 0.15) is 16.8 Å². The molecule has 1 aliphatic carbocycles. The number of aryl methyl sites for hydroxylation is 2. The molecule has 1 aromatic carbocycles. The van der Waals surface area contributed by atoms with Gasteiger partial charge in [-0.15, -0.1) is 0 Å². The Labute approximate surface area is 96.3 Å². The molecule has 1 atom stereocenters. The molecule has 0 saturated heterocycles. The second kappa shape index (κ2) is 3.36. The first-order valence-electron chi connectivity index (χ1n) is 5.94. The van der Waals surface area contributed by atoms with Crippen molar-refractivity contribution < 1.29 is 0 Å². The van der Waals surface area contributed by atoms with Crippen molar-refractivity contribution in [3.8, 4) is 0 Å². The summed E-state index contributed by atoms with van der Waals surface area (Å²) in [6.07, 6.45) is 2.34. The molecule has 0 saturated carbocycles. The van der Waals surface area contributed by atoms with E-state index in [2.05, 4.69) is 49.1 Å². The van der Waals surface area contributed by atoms with Gasteiger partial charge < -0.3 is 9.88 Å². The molecule has 1 unspecified atom stereocenters. The lowest BCUT2D eigenvalue weighted by Gasteiger charge is -2.08. The van der Waals surface area contributed by atoms with Gasteiger partial charge in [0.1, 0.15) is 0 Å². The number of aromatic nitrogens is 1. The van der Waals surface area contributed by atoms with Gasteiger partial charge in [0.05, 0.1) is 0 Å². The zero-order valence-electron chi connectivity index (χ0n) is 10.2. The van der Waals surface area contributed by atoms with Crippen molar-refractivity contribution in [3.05, 3.63) is 35.0 Å². The molecule has 1 N–H and O–H groups in total. The molecule has 1 aromatic heterocycles. The third-order valence-corrected chi connectivity index (χ3v) is 3.89. The van der Waals surface area contributed by atoms with Gasteiger partial charge in [-0.05, 0) is 37.6 Å². The highest BCUT2D eigenvalue weighted by atomic mass is 15.0. The second-order valence-corrected chi connectivity index (χ2v) is 4.90. The molecule has 16 heavy (non-hydrogen) atoms. The molecule has 2 nitrogen and oxygen atoms in total. The summed E-state index contributed by atoms with van der Waals surface area (Å²) in [6.45, 7) is 2.16. The molecule has 2 heteroatoms. The Kier molecular flexibility index (Phi) is 2.08. The van der Waals surface area contributed by atoms with E-state index in [1.807, 2.05) is 0 Å². The standard InChI is InChI=1S/C14H18N2/c1-9-4-5-11-12-7-10(15-2)8-14(12)16(3)13(11)6-9/h4-6,10,15H,7-8H2,1-3H3. The van der Waals surface area contributed by atoms with Gasteiger partial charge in [0.2, 0.25) is 0 Å². The Morgan fingerprint density at radius 1 is 1.31 bits per heavy atom. The van der Waals surface area contributed by atoms with Crippen molar-refractivity contribution >= 4 is 10.9 Å². The van der Waals surface area contributed by atoms with Crippen LogP contribution in [0.4, 0.5) is 0 Å². The van der Waals surface area contributed by atoms with E-state index in [1.54, 1.807) is 5.56 Å². The van der Waals surface area contributed by atoms with E-state index in [4.69, 9.17) is 0 Å². The lowest BCUT2D eigenvalue weighted by Crippen LogP contribution is -2.25. The maximum Gasteiger partial charge on any atom is 0.0485 e. The molecule has 3 rings (SSSR count). The minimum atomic E-state index is 0.627. The lowest BCUT2D eigenvalue weighted by molar-refractivity contribution is 0.585. The van der Waals surface area contributed by atoms with E-state index in [-0.39, 0.29) is 0 Å². The van der Waals surface area contributed by atoms with Gasteiger partial charge in [-0.2, -0.15) is 0 Å². The highest BCUT2D eigenvalue weighted by Gasteiger charge is 2.25. The number of nitrogens with one attached hydrogen (secondary N) is 1. The van der Waals surface area contributed by atoms with Crippen LogP contribution in [-0.4, -0.2) is 17.7 Å². The zero-order chi connectivity index (χ0) is 11.3. The average molecular weight is 214 g/mol. The molecule has 1 heterocycles. The summed E-state index contributed by atoms with van der Waals surface area (Å²) in [5.74, 6) is 0. The highest BCUT2D eigenvalue weighted by molar-refractivity contribution is 5.86. The van der Waals surface area contributed by atoms with Crippen molar-refractivity contribution in [1.29, 1.82) is 0 Å². The molecule has 0 amide bonds. The minimum Gasteiger partial charge on any atom is -0.347 e. The van der Waals surface area contributed by atoms with Gasteiger partial charge in [-0.25, -0.2) is 0 Å². The molecular formula is C14H18N2. The summed E-state index contributed by atoms with van der Waals surface area (Å²) >= 11 is 0. The summed E-state index contributed by atoms with van der Waals surface area (Å²) in [5.41, 5.74) is 5.80. The Bertz CT molecular complexity index is 551. The third-order valence-electron chi connectivity index (χ3n) is 3.89. The van der Waals surface area contributed by atoms with E-state index >= 15 is 0 Å². The van der Waals surface area contributed by atoms with E-state index < -0.39 is 0 Å². The molecule has 2 aromatic rings. The molecule has 1 aliphatic rings. The van der Waals surface area contributed by atoms with Crippen LogP contribution in [0.2, 0.25) is 0 Å². The van der Waals surface area contributed by atoms with Gasteiger partial charge in [0, 0.05) is 36.1 Å². The van der Waals surface area contributed by atoms with Crippen molar-refractivity contribution in [2.45, 2.75) is 25.8 Å². The third kappa shape index (κ3) is 1.23. The number of fused-ring (bicyclic) bond motifs is 3. The Morgan fingerprint density at radius 2 is 2.12 bits per heavy atom. The predicted molar refractivity (Wildman–Crippen MR) is 67.9 cm³/mol. The Balaban J connectivity index is 2.23. The fourth-order valence-electron chi connectivity index (χ4n) is 2.92. The normalized spacial score (nSPS) is 19.3. The smallest absolute Gasteiger partial charge is 0.0485 e. The zero-order valence-corrected chi connectivity index (χ0v) is 10.2. The molecule has 0 radical (unpaired) electrons. The molecule has 0 bridgehead atoms. The molecular weight excluding hydrogens is 196 g/mol. The van der Waals surface area contributed by atoms with Gasteiger partial charge in [-0.3, -0.25) is 0 Å². The second-order valence-electron chi connectivity index (χ2n) is 4.90. The summed E-state index contributed by atoms with van der Waals surface area (Å²) < 4.78 is 2.37. The number of nitrogens with zero attached hydrogens (tertiary/aromatic N) is 1. The van der Waals surface area contributed by atoms with Gasteiger partial charge in [0.15, 0.2) is 0 Å². The van der Waals surface area contributed by atoms with Crippen molar-refractivity contribution in [1.82, 2.24) is 9.88 Å². The fourth-order valence-corrected chi connectivity index (χ4v) is 2.92.